The van der Waals surface area contributed by atoms with Crippen molar-refractivity contribution in [2.75, 3.05) is 7.11 Å². The Morgan fingerprint density at radius 1 is 1.15 bits per heavy atom. The summed E-state index contributed by atoms with van der Waals surface area (Å²) in [5.41, 5.74) is 2.64. The van der Waals surface area contributed by atoms with Gasteiger partial charge in [0.05, 0.1) is 29.0 Å². The number of methoxy groups -OCH3 is 1. The molecule has 34 heavy (non-hydrogen) atoms. The number of thioether (sulfide) groups is 1. The number of halogens is 1. The molecule has 0 saturated heterocycles. The number of aryl methyl sites for hydroxylation is 1. The standard InChI is InChI=1S/C26H24ClN3O3S/c1-16-13-22(23(33-3)14-20(16)27)30-25(32)19-11-7-8-12-21(19)29-26(30)34-17(2)24(31)28-15-18-9-5-4-6-10-18/h4-14,17H,15H2,1-3H3,(H,28,31)/t17-/m1/s1. The van der Waals surface area contributed by atoms with Crippen LogP contribution in [-0.2, 0) is 11.3 Å². The maximum absolute atomic E-state index is 13.6. The first-order chi connectivity index (χ1) is 16.4. The van der Waals surface area contributed by atoms with Crippen molar-refractivity contribution in [2.24, 2.45) is 0 Å². The topological polar surface area (TPSA) is 73.2 Å². The zero-order valence-electron chi connectivity index (χ0n) is 19.0. The van der Waals surface area contributed by atoms with Crippen molar-refractivity contribution in [3.63, 3.8) is 0 Å². The number of hydrogen-bond acceptors (Lipinski definition) is 5. The summed E-state index contributed by atoms with van der Waals surface area (Å²) in [5.74, 6) is 0.292. The van der Waals surface area contributed by atoms with Crippen molar-refractivity contribution in [3.8, 4) is 11.4 Å². The fraction of sp³-hybridized carbons (Fsp3) is 0.192. The first-order valence-electron chi connectivity index (χ1n) is 10.7. The number of rotatable bonds is 7. The summed E-state index contributed by atoms with van der Waals surface area (Å²) in [6, 6.07) is 20.3. The highest BCUT2D eigenvalue weighted by Crippen LogP contribution is 2.33. The van der Waals surface area contributed by atoms with Gasteiger partial charge in [-0.1, -0.05) is 65.8 Å². The van der Waals surface area contributed by atoms with E-state index in [1.807, 2.05) is 43.3 Å². The van der Waals surface area contributed by atoms with E-state index in [-0.39, 0.29) is 11.5 Å². The second-order valence-electron chi connectivity index (χ2n) is 7.79. The molecule has 6 nitrogen and oxygen atoms in total. The molecule has 0 aliphatic rings. The van der Waals surface area contributed by atoms with Crippen molar-refractivity contribution in [1.82, 2.24) is 14.9 Å². The number of nitrogens with zero attached hydrogens (tertiary/aromatic N) is 2. The third-order valence-electron chi connectivity index (χ3n) is 5.41. The summed E-state index contributed by atoms with van der Waals surface area (Å²) in [5, 5.41) is 3.86. The molecule has 174 valence electrons. The number of hydrogen-bond donors (Lipinski definition) is 1. The number of ether oxygens (including phenoxy) is 1. The molecular weight excluding hydrogens is 470 g/mol. The Labute approximate surface area is 206 Å². The van der Waals surface area contributed by atoms with Crippen LogP contribution < -0.4 is 15.6 Å². The van der Waals surface area contributed by atoms with Gasteiger partial charge >= 0.3 is 0 Å². The number of carbonyl (C=O) groups excluding carboxylic acids is 1. The lowest BCUT2D eigenvalue weighted by molar-refractivity contribution is -0.120. The van der Waals surface area contributed by atoms with Crippen LogP contribution in [-0.4, -0.2) is 27.8 Å². The molecule has 1 heterocycles. The number of aromatic nitrogens is 2. The summed E-state index contributed by atoms with van der Waals surface area (Å²) in [4.78, 5) is 31.2. The van der Waals surface area contributed by atoms with E-state index in [0.29, 0.717) is 39.1 Å². The van der Waals surface area contributed by atoms with Gasteiger partial charge in [-0.15, -0.1) is 0 Å². The van der Waals surface area contributed by atoms with E-state index in [2.05, 4.69) is 5.32 Å². The Kier molecular flexibility index (Phi) is 7.24. The van der Waals surface area contributed by atoms with Crippen LogP contribution in [0, 0.1) is 6.92 Å². The number of para-hydroxylation sites is 1. The van der Waals surface area contributed by atoms with Gasteiger partial charge in [0.1, 0.15) is 5.75 Å². The van der Waals surface area contributed by atoms with Crippen LogP contribution in [0.3, 0.4) is 0 Å². The largest absolute Gasteiger partial charge is 0.495 e. The van der Waals surface area contributed by atoms with Gasteiger partial charge < -0.3 is 10.1 Å². The fourth-order valence-corrected chi connectivity index (χ4v) is 4.63. The van der Waals surface area contributed by atoms with Gasteiger partial charge in [0.25, 0.3) is 5.56 Å². The minimum absolute atomic E-state index is 0.151. The lowest BCUT2D eigenvalue weighted by Crippen LogP contribution is -2.31. The van der Waals surface area contributed by atoms with E-state index < -0.39 is 5.25 Å². The zero-order valence-corrected chi connectivity index (χ0v) is 20.6. The highest BCUT2D eigenvalue weighted by Gasteiger charge is 2.22. The van der Waals surface area contributed by atoms with E-state index >= 15 is 0 Å². The Morgan fingerprint density at radius 3 is 2.59 bits per heavy atom. The Morgan fingerprint density at radius 2 is 1.85 bits per heavy atom. The highest BCUT2D eigenvalue weighted by atomic mass is 35.5. The predicted octanol–water partition coefficient (Wildman–Crippen LogP) is 5.15. The minimum atomic E-state index is -0.498. The lowest BCUT2D eigenvalue weighted by Gasteiger charge is -2.19. The third kappa shape index (κ3) is 4.95. The van der Waals surface area contributed by atoms with Crippen LogP contribution in [0.4, 0.5) is 0 Å². The van der Waals surface area contributed by atoms with Crippen molar-refractivity contribution in [2.45, 2.75) is 30.8 Å². The van der Waals surface area contributed by atoms with Gasteiger partial charge in [-0.25, -0.2) is 4.98 Å². The van der Waals surface area contributed by atoms with Crippen molar-refractivity contribution < 1.29 is 9.53 Å². The van der Waals surface area contributed by atoms with Gasteiger partial charge in [0.2, 0.25) is 5.91 Å². The highest BCUT2D eigenvalue weighted by molar-refractivity contribution is 8.00. The Balaban J connectivity index is 1.74. The minimum Gasteiger partial charge on any atom is -0.495 e. The van der Waals surface area contributed by atoms with Crippen LogP contribution >= 0.6 is 23.4 Å². The predicted molar refractivity (Wildman–Crippen MR) is 137 cm³/mol. The van der Waals surface area contributed by atoms with Gasteiger partial charge in [0.15, 0.2) is 5.16 Å². The van der Waals surface area contributed by atoms with E-state index in [9.17, 15) is 9.59 Å². The molecule has 0 bridgehead atoms. The zero-order chi connectivity index (χ0) is 24.2. The Bertz CT molecular complexity index is 1410. The molecule has 4 rings (SSSR count). The second kappa shape index (κ2) is 10.3. The number of amides is 1. The molecule has 0 aliphatic carbocycles. The summed E-state index contributed by atoms with van der Waals surface area (Å²) in [6.07, 6.45) is 0. The second-order valence-corrected chi connectivity index (χ2v) is 9.50. The molecule has 1 aromatic heterocycles. The maximum Gasteiger partial charge on any atom is 0.266 e. The molecule has 0 aliphatic heterocycles. The normalized spacial score (nSPS) is 11.9. The number of fused-ring (bicyclic) bond motifs is 1. The molecule has 0 unspecified atom stereocenters. The van der Waals surface area contributed by atoms with Gasteiger partial charge in [-0.05, 0) is 43.2 Å². The van der Waals surface area contributed by atoms with Crippen molar-refractivity contribution >= 4 is 40.2 Å². The first kappa shape index (κ1) is 23.9. The maximum atomic E-state index is 13.6. The van der Waals surface area contributed by atoms with Gasteiger partial charge in [0, 0.05) is 17.6 Å². The average molecular weight is 494 g/mol. The third-order valence-corrected chi connectivity index (χ3v) is 6.87. The lowest BCUT2D eigenvalue weighted by atomic mass is 10.2. The number of carbonyl (C=O) groups is 1. The molecule has 3 aromatic carbocycles. The SMILES string of the molecule is COc1cc(Cl)c(C)cc1-n1c(S[C@H](C)C(=O)NCc2ccccc2)nc2ccccc2c1=O. The molecule has 4 aromatic rings. The summed E-state index contributed by atoms with van der Waals surface area (Å²) >= 11 is 7.51. The van der Waals surface area contributed by atoms with Gasteiger partial charge in [-0.3, -0.25) is 14.2 Å². The molecule has 0 radical (unpaired) electrons. The van der Waals surface area contributed by atoms with Crippen molar-refractivity contribution in [1.29, 1.82) is 0 Å². The summed E-state index contributed by atoms with van der Waals surface area (Å²) in [6.45, 7) is 4.07. The quantitative estimate of drug-likeness (QED) is 0.284. The molecule has 0 saturated carbocycles. The van der Waals surface area contributed by atoms with Crippen LogP contribution in [0.1, 0.15) is 18.1 Å². The molecule has 8 heteroatoms. The Hall–Kier alpha value is -3.29. The van der Waals surface area contributed by atoms with Crippen LogP contribution in [0.15, 0.2) is 76.7 Å². The van der Waals surface area contributed by atoms with Crippen molar-refractivity contribution in [3.05, 3.63) is 93.2 Å². The summed E-state index contributed by atoms with van der Waals surface area (Å²) in [7, 11) is 1.52. The fourth-order valence-electron chi connectivity index (χ4n) is 3.53. The smallest absolute Gasteiger partial charge is 0.266 e. The molecular formula is C26H24ClN3O3S. The van der Waals surface area contributed by atoms with Crippen LogP contribution in [0.25, 0.3) is 16.6 Å². The van der Waals surface area contributed by atoms with E-state index in [0.717, 1.165) is 11.1 Å². The van der Waals surface area contributed by atoms with E-state index in [1.165, 1.54) is 23.4 Å². The number of nitrogens with one attached hydrogen (secondary N) is 1. The monoisotopic (exact) mass is 493 g/mol. The average Bonchev–Trinajstić information content (AvgIpc) is 2.85. The van der Waals surface area contributed by atoms with E-state index in [4.69, 9.17) is 21.3 Å². The van der Waals surface area contributed by atoms with Gasteiger partial charge in [-0.2, -0.15) is 0 Å². The van der Waals surface area contributed by atoms with E-state index in [1.54, 1.807) is 37.3 Å². The molecule has 0 spiro atoms. The summed E-state index contributed by atoms with van der Waals surface area (Å²) < 4.78 is 7.03. The first-order valence-corrected chi connectivity index (χ1v) is 12.0. The van der Waals surface area contributed by atoms with Crippen LogP contribution in [0.2, 0.25) is 5.02 Å². The molecule has 1 N–H and O–H groups in total. The van der Waals surface area contributed by atoms with Crippen LogP contribution in [0.5, 0.6) is 5.75 Å². The molecule has 1 atom stereocenters. The molecule has 1 amide bonds. The molecule has 0 fully saturated rings. The number of benzene rings is 3.